The molecule has 1 aromatic heterocycles. The van der Waals surface area contributed by atoms with Crippen molar-refractivity contribution in [2.45, 2.75) is 44.6 Å². The van der Waals surface area contributed by atoms with Crippen molar-refractivity contribution in [1.29, 1.82) is 0 Å². The summed E-state index contributed by atoms with van der Waals surface area (Å²) in [5.74, 6) is 0.847. The van der Waals surface area contributed by atoms with E-state index in [4.69, 9.17) is 0 Å². The fraction of sp³-hybridized carbons (Fsp3) is 0.647. The van der Waals surface area contributed by atoms with Gasteiger partial charge >= 0.3 is 0 Å². The number of amides is 2. The lowest BCUT2D eigenvalue weighted by Crippen LogP contribution is -2.39. The molecule has 24 heavy (non-hydrogen) atoms. The number of rotatable bonds is 4. The van der Waals surface area contributed by atoms with Crippen molar-refractivity contribution in [3.8, 4) is 0 Å². The summed E-state index contributed by atoms with van der Waals surface area (Å²) >= 11 is 0. The largest absolute Gasteiger partial charge is 0.366 e. The van der Waals surface area contributed by atoms with E-state index >= 15 is 0 Å². The van der Waals surface area contributed by atoms with Gasteiger partial charge in [-0.1, -0.05) is 0 Å². The van der Waals surface area contributed by atoms with Gasteiger partial charge in [-0.25, -0.2) is 0 Å². The first-order valence-electron chi connectivity index (χ1n) is 8.78. The highest BCUT2D eigenvalue weighted by Gasteiger charge is 2.33. The van der Waals surface area contributed by atoms with E-state index in [2.05, 4.69) is 20.8 Å². The third kappa shape index (κ3) is 3.83. The van der Waals surface area contributed by atoms with Crippen LogP contribution in [-0.2, 0) is 4.79 Å². The number of carbonyl (C=O) groups is 2. The lowest BCUT2D eigenvalue weighted by molar-refractivity contribution is -0.136. The number of nitrogens with zero attached hydrogens (tertiary/aromatic N) is 3. The zero-order valence-corrected chi connectivity index (χ0v) is 14.1. The molecule has 0 spiro atoms. The topological polar surface area (TPSA) is 87.2 Å². The fourth-order valence-corrected chi connectivity index (χ4v) is 3.58. The average Bonchev–Trinajstić information content (AvgIpc) is 3.10. The second-order valence-electron chi connectivity index (χ2n) is 6.62. The Morgan fingerprint density at radius 2 is 1.92 bits per heavy atom. The number of carbonyl (C=O) groups excluding carboxylic acids is 2. The molecule has 0 bridgehead atoms. The third-order valence-corrected chi connectivity index (χ3v) is 4.93. The summed E-state index contributed by atoms with van der Waals surface area (Å²) in [6.45, 7) is 1.83. The Hall–Kier alpha value is -2.18. The van der Waals surface area contributed by atoms with E-state index in [1.165, 1.54) is 6.42 Å². The molecular formula is C17H25N5O2. The number of nitrogens with one attached hydrogen (secondary N) is 2. The van der Waals surface area contributed by atoms with Crippen LogP contribution < -0.4 is 10.6 Å². The van der Waals surface area contributed by atoms with Gasteiger partial charge in [-0.2, -0.15) is 0 Å². The highest BCUT2D eigenvalue weighted by Crippen LogP contribution is 2.30. The quantitative estimate of drug-likeness (QED) is 0.871. The Bertz CT molecular complexity index is 583. The van der Waals surface area contributed by atoms with Crippen molar-refractivity contribution < 1.29 is 9.59 Å². The molecule has 2 fully saturated rings. The summed E-state index contributed by atoms with van der Waals surface area (Å²) < 4.78 is 0. The molecular weight excluding hydrogens is 306 g/mol. The fourth-order valence-electron chi connectivity index (χ4n) is 3.58. The summed E-state index contributed by atoms with van der Waals surface area (Å²) in [7, 11) is 1.56. The summed E-state index contributed by atoms with van der Waals surface area (Å²) in [5, 5.41) is 13.8. The maximum Gasteiger partial charge on any atom is 0.271 e. The van der Waals surface area contributed by atoms with E-state index in [-0.39, 0.29) is 17.9 Å². The minimum atomic E-state index is -0.248. The van der Waals surface area contributed by atoms with Gasteiger partial charge in [0.25, 0.3) is 5.91 Å². The minimum absolute atomic E-state index is 0.124. The van der Waals surface area contributed by atoms with Crippen LogP contribution in [0.2, 0.25) is 0 Å². The van der Waals surface area contributed by atoms with Crippen molar-refractivity contribution in [2.24, 2.45) is 5.92 Å². The SMILES string of the molecule is CNC(=O)c1ccc(N[C@H]2CC[C@@H](C(=O)N3CCCCC3)C2)nn1. The average molecular weight is 331 g/mol. The van der Waals surface area contributed by atoms with Crippen LogP contribution >= 0.6 is 0 Å². The zero-order valence-electron chi connectivity index (χ0n) is 14.1. The zero-order chi connectivity index (χ0) is 16.9. The number of hydrogen-bond acceptors (Lipinski definition) is 5. The van der Waals surface area contributed by atoms with Gasteiger partial charge in [-0.05, 0) is 50.7 Å². The third-order valence-electron chi connectivity index (χ3n) is 4.93. The minimum Gasteiger partial charge on any atom is -0.366 e. The predicted molar refractivity (Wildman–Crippen MR) is 90.6 cm³/mol. The first-order valence-corrected chi connectivity index (χ1v) is 8.78. The molecule has 7 nitrogen and oxygen atoms in total. The lowest BCUT2D eigenvalue weighted by atomic mass is 10.0. The van der Waals surface area contributed by atoms with Crippen molar-refractivity contribution >= 4 is 17.6 Å². The molecule has 130 valence electrons. The van der Waals surface area contributed by atoms with Crippen LogP contribution in [-0.4, -0.2) is 53.1 Å². The van der Waals surface area contributed by atoms with Gasteiger partial charge in [0.15, 0.2) is 5.69 Å². The summed E-state index contributed by atoms with van der Waals surface area (Å²) in [5.41, 5.74) is 0.299. The molecule has 7 heteroatoms. The Kier molecular flexibility index (Phi) is 5.27. The van der Waals surface area contributed by atoms with Crippen LogP contribution in [0.5, 0.6) is 0 Å². The Labute approximate surface area is 142 Å². The van der Waals surface area contributed by atoms with Crippen molar-refractivity contribution in [1.82, 2.24) is 20.4 Å². The summed E-state index contributed by atoms with van der Waals surface area (Å²) in [6, 6.07) is 3.65. The summed E-state index contributed by atoms with van der Waals surface area (Å²) in [6.07, 6.45) is 6.23. The van der Waals surface area contributed by atoms with Gasteiger partial charge in [0.2, 0.25) is 5.91 Å². The molecule has 1 aliphatic heterocycles. The molecule has 0 radical (unpaired) electrons. The predicted octanol–water partition coefficient (Wildman–Crippen LogP) is 1.43. The number of aromatic nitrogens is 2. The van der Waals surface area contributed by atoms with Crippen molar-refractivity contribution in [2.75, 3.05) is 25.5 Å². The van der Waals surface area contributed by atoms with Gasteiger partial charge < -0.3 is 15.5 Å². The van der Waals surface area contributed by atoms with Gasteiger partial charge in [-0.15, -0.1) is 10.2 Å². The molecule has 1 aliphatic carbocycles. The standard InChI is InChI=1S/C17H25N5O2/c1-18-16(23)14-7-8-15(21-20-14)19-13-6-5-12(11-13)17(24)22-9-3-2-4-10-22/h7-8,12-13H,2-6,9-11H2,1H3,(H,18,23)(H,19,21)/t12-,13+/m1/s1. The Morgan fingerprint density at radius 3 is 2.58 bits per heavy atom. The molecule has 2 N–H and O–H groups in total. The highest BCUT2D eigenvalue weighted by atomic mass is 16.2. The van der Waals surface area contributed by atoms with E-state index in [1.54, 1.807) is 19.2 Å². The first kappa shape index (κ1) is 16.7. The summed E-state index contributed by atoms with van der Waals surface area (Å²) in [4.78, 5) is 26.1. The van der Waals surface area contributed by atoms with E-state index < -0.39 is 0 Å². The van der Waals surface area contributed by atoms with E-state index in [0.717, 1.165) is 45.2 Å². The molecule has 2 heterocycles. The Morgan fingerprint density at radius 1 is 1.12 bits per heavy atom. The van der Waals surface area contributed by atoms with Crippen molar-refractivity contribution in [3.05, 3.63) is 17.8 Å². The Balaban J connectivity index is 1.52. The second-order valence-corrected chi connectivity index (χ2v) is 6.62. The van der Waals surface area contributed by atoms with Crippen LogP contribution in [0, 0.1) is 5.92 Å². The molecule has 2 atom stereocenters. The van der Waals surface area contributed by atoms with Crippen LogP contribution in [0.4, 0.5) is 5.82 Å². The molecule has 0 unspecified atom stereocenters. The van der Waals surface area contributed by atoms with E-state index in [0.29, 0.717) is 17.4 Å². The first-order chi connectivity index (χ1) is 11.7. The number of anilines is 1. The maximum atomic E-state index is 12.6. The second kappa shape index (κ2) is 7.59. The number of piperidine rings is 1. The monoisotopic (exact) mass is 331 g/mol. The van der Waals surface area contributed by atoms with Crippen LogP contribution in [0.1, 0.15) is 49.0 Å². The van der Waals surface area contributed by atoms with E-state index in [1.807, 2.05) is 4.90 Å². The van der Waals surface area contributed by atoms with Crippen LogP contribution in [0.15, 0.2) is 12.1 Å². The van der Waals surface area contributed by atoms with Crippen molar-refractivity contribution in [3.63, 3.8) is 0 Å². The lowest BCUT2D eigenvalue weighted by Gasteiger charge is -2.29. The molecule has 0 aromatic carbocycles. The molecule has 2 aliphatic rings. The van der Waals surface area contributed by atoms with Gasteiger partial charge in [0.05, 0.1) is 0 Å². The number of hydrogen-bond donors (Lipinski definition) is 2. The van der Waals surface area contributed by atoms with E-state index in [9.17, 15) is 9.59 Å². The maximum absolute atomic E-state index is 12.6. The van der Waals surface area contributed by atoms with Gasteiger partial charge in [-0.3, -0.25) is 9.59 Å². The highest BCUT2D eigenvalue weighted by molar-refractivity contribution is 5.91. The number of likely N-dealkylation sites (tertiary alicyclic amines) is 1. The normalized spacial score (nSPS) is 23.8. The molecule has 2 amide bonds. The molecule has 1 saturated carbocycles. The van der Waals surface area contributed by atoms with Crippen LogP contribution in [0.3, 0.4) is 0 Å². The van der Waals surface area contributed by atoms with Gasteiger partial charge in [0, 0.05) is 32.1 Å². The molecule has 3 rings (SSSR count). The molecule has 1 saturated heterocycles. The van der Waals surface area contributed by atoms with Gasteiger partial charge in [0.1, 0.15) is 5.82 Å². The smallest absolute Gasteiger partial charge is 0.271 e. The molecule has 1 aromatic rings. The van der Waals surface area contributed by atoms with Crippen LogP contribution in [0.25, 0.3) is 0 Å².